The number of rotatable bonds is 6. The molecule has 10 nitrogen and oxygen atoms in total. The molecule has 3 aromatic rings. The number of anilines is 1. The molecule has 0 radical (unpaired) electrons. The molecule has 2 saturated carbocycles. The number of pyridine rings is 1. The monoisotopic (exact) mass is 590 g/mol. The van der Waals surface area contributed by atoms with E-state index in [4.69, 9.17) is 4.74 Å². The van der Waals surface area contributed by atoms with E-state index in [2.05, 4.69) is 15.3 Å². The Balaban J connectivity index is 1.11. The predicted octanol–water partition coefficient (Wildman–Crippen LogP) is 3.12. The summed E-state index contributed by atoms with van der Waals surface area (Å²) in [5.74, 6) is -2.49. The van der Waals surface area contributed by atoms with Gasteiger partial charge >= 0.3 is 10.8 Å². The standard InChI is InChI=1S/C29H26N4O6S2/c1-2-39-28(37)13-5-7-15(8-6-13)31-18(34)12-33-26(35)21-16-10-17(22(21)27(33)36)23-20(16)19(14-4-3-9-30-11-14)24-25(40-23)32-29(38)41-24/h3-9,11,16-17,19-23H,2,10,12H2,1H3,(H,31,34)(H,32,38). The van der Waals surface area contributed by atoms with E-state index in [1.807, 2.05) is 18.3 Å². The van der Waals surface area contributed by atoms with E-state index < -0.39 is 23.7 Å². The van der Waals surface area contributed by atoms with E-state index in [1.54, 1.807) is 49.1 Å². The van der Waals surface area contributed by atoms with Crippen molar-refractivity contribution in [2.24, 2.45) is 29.6 Å². The number of nitrogens with zero attached hydrogens (tertiary/aromatic N) is 2. The Hall–Kier alpha value is -3.77. The Kier molecular flexibility index (Phi) is 6.35. The minimum absolute atomic E-state index is 0.0179. The fraction of sp³-hybridized carbons (Fsp3) is 0.379. The lowest BCUT2D eigenvalue weighted by Crippen LogP contribution is -2.42. The third kappa shape index (κ3) is 4.14. The number of esters is 1. The largest absolute Gasteiger partial charge is 0.462 e. The van der Waals surface area contributed by atoms with Gasteiger partial charge in [0.15, 0.2) is 0 Å². The molecule has 41 heavy (non-hydrogen) atoms. The molecule has 1 aromatic carbocycles. The lowest BCUT2D eigenvalue weighted by atomic mass is 9.68. The molecule has 4 aliphatic rings. The quantitative estimate of drug-likeness (QED) is 0.330. The number of thiazole rings is 1. The molecule has 2 aromatic heterocycles. The van der Waals surface area contributed by atoms with Gasteiger partial charge in [0.25, 0.3) is 0 Å². The zero-order valence-electron chi connectivity index (χ0n) is 21.9. The molecule has 2 aliphatic heterocycles. The number of H-pyrrole nitrogens is 1. The molecular weight excluding hydrogens is 564 g/mol. The fourth-order valence-electron chi connectivity index (χ4n) is 7.42. The van der Waals surface area contributed by atoms with Crippen LogP contribution in [-0.2, 0) is 19.1 Å². The average molecular weight is 591 g/mol. The highest BCUT2D eigenvalue weighted by atomic mass is 32.2. The van der Waals surface area contributed by atoms with Gasteiger partial charge in [0.1, 0.15) is 6.54 Å². The zero-order valence-corrected chi connectivity index (χ0v) is 23.6. The Morgan fingerprint density at radius 2 is 1.85 bits per heavy atom. The molecule has 3 amide bonds. The van der Waals surface area contributed by atoms with Gasteiger partial charge in [-0.3, -0.25) is 29.1 Å². The number of carbonyl (C=O) groups is 4. The topological polar surface area (TPSA) is 139 Å². The molecular formula is C29H26N4O6S2. The van der Waals surface area contributed by atoms with Crippen molar-refractivity contribution in [3.05, 3.63) is 74.5 Å². The summed E-state index contributed by atoms with van der Waals surface area (Å²) in [6.45, 7) is 1.62. The normalized spacial score (nSPS) is 29.2. The van der Waals surface area contributed by atoms with Gasteiger partial charge in [0, 0.05) is 34.1 Å². The minimum Gasteiger partial charge on any atom is -0.462 e. The van der Waals surface area contributed by atoms with Crippen molar-refractivity contribution in [3.8, 4) is 0 Å². The first-order valence-electron chi connectivity index (χ1n) is 13.6. The number of ether oxygens (including phenoxy) is 1. The maximum Gasteiger partial charge on any atom is 0.338 e. The summed E-state index contributed by atoms with van der Waals surface area (Å²) >= 11 is 2.84. The van der Waals surface area contributed by atoms with Crippen LogP contribution in [0.4, 0.5) is 5.69 Å². The highest BCUT2D eigenvalue weighted by molar-refractivity contribution is 8.00. The van der Waals surface area contributed by atoms with Gasteiger partial charge in [0.05, 0.1) is 29.0 Å². The second-order valence-electron chi connectivity index (χ2n) is 10.9. The summed E-state index contributed by atoms with van der Waals surface area (Å²) in [5, 5.41) is 3.65. The summed E-state index contributed by atoms with van der Waals surface area (Å²) in [6, 6.07) is 10.1. The molecule has 7 rings (SSSR count). The van der Waals surface area contributed by atoms with Gasteiger partial charge in [-0.25, -0.2) is 4.79 Å². The van der Waals surface area contributed by atoms with E-state index in [9.17, 15) is 24.0 Å². The number of nitrogens with one attached hydrogen (secondary N) is 2. The number of amides is 3. The SMILES string of the molecule is CCOC(=O)c1ccc(NC(=O)CN2C(=O)C3C4CC(C3C2=O)C2C(c3cccnc3)c3sc(=O)[nH]c3SC42)cc1. The van der Waals surface area contributed by atoms with Crippen LogP contribution < -0.4 is 10.2 Å². The second kappa shape index (κ2) is 9.95. The van der Waals surface area contributed by atoms with Crippen LogP contribution in [0.3, 0.4) is 0 Å². The van der Waals surface area contributed by atoms with Crippen molar-refractivity contribution in [1.29, 1.82) is 0 Å². The number of thioether (sulfide) groups is 1. The van der Waals surface area contributed by atoms with Gasteiger partial charge in [0.2, 0.25) is 17.7 Å². The van der Waals surface area contributed by atoms with Gasteiger partial charge in [-0.15, -0.1) is 11.8 Å². The predicted molar refractivity (Wildman–Crippen MR) is 150 cm³/mol. The van der Waals surface area contributed by atoms with Crippen LogP contribution >= 0.6 is 23.1 Å². The number of aromatic nitrogens is 2. The van der Waals surface area contributed by atoms with E-state index in [-0.39, 0.29) is 58.8 Å². The summed E-state index contributed by atoms with van der Waals surface area (Å²) in [4.78, 5) is 73.8. The highest BCUT2D eigenvalue weighted by Crippen LogP contribution is 2.68. The van der Waals surface area contributed by atoms with Gasteiger partial charge in [-0.1, -0.05) is 17.4 Å². The molecule has 2 bridgehead atoms. The van der Waals surface area contributed by atoms with Crippen LogP contribution in [0.5, 0.6) is 0 Å². The number of hydrogen-bond donors (Lipinski definition) is 2. The Morgan fingerprint density at radius 3 is 2.56 bits per heavy atom. The fourth-order valence-corrected chi connectivity index (χ4v) is 10.3. The Labute approximate surface area is 242 Å². The number of imide groups is 1. The van der Waals surface area contributed by atoms with E-state index in [0.717, 1.165) is 26.8 Å². The third-order valence-corrected chi connectivity index (χ3v) is 11.4. The van der Waals surface area contributed by atoms with Crippen LogP contribution in [0.2, 0.25) is 0 Å². The van der Waals surface area contributed by atoms with Crippen LogP contribution in [0.1, 0.15) is 40.1 Å². The van der Waals surface area contributed by atoms with Crippen LogP contribution in [0, 0.1) is 29.6 Å². The smallest absolute Gasteiger partial charge is 0.338 e. The zero-order chi connectivity index (χ0) is 28.4. The lowest BCUT2D eigenvalue weighted by Gasteiger charge is -2.42. The second-order valence-corrected chi connectivity index (χ2v) is 13.1. The van der Waals surface area contributed by atoms with Crippen LogP contribution in [0.15, 0.2) is 58.6 Å². The first kappa shape index (κ1) is 26.1. The number of hydrogen-bond acceptors (Lipinski definition) is 9. The highest BCUT2D eigenvalue weighted by Gasteiger charge is 2.69. The third-order valence-electron chi connectivity index (χ3n) is 8.84. The van der Waals surface area contributed by atoms with Crippen molar-refractivity contribution >= 4 is 52.5 Å². The number of likely N-dealkylation sites (tertiary alicyclic amines) is 1. The Bertz CT molecular complexity index is 1620. The molecule has 4 heterocycles. The maximum absolute atomic E-state index is 13.7. The molecule has 2 N–H and O–H groups in total. The van der Waals surface area contributed by atoms with Crippen molar-refractivity contribution in [2.75, 3.05) is 18.5 Å². The first-order valence-corrected chi connectivity index (χ1v) is 15.3. The number of fused-ring (bicyclic) bond motifs is 9. The number of carbonyl (C=O) groups excluding carboxylic acids is 4. The van der Waals surface area contributed by atoms with Crippen molar-refractivity contribution in [3.63, 3.8) is 0 Å². The molecule has 210 valence electrons. The summed E-state index contributed by atoms with van der Waals surface area (Å²) in [5.41, 5.74) is 1.81. The summed E-state index contributed by atoms with van der Waals surface area (Å²) in [6.07, 6.45) is 4.32. The number of benzene rings is 1. The summed E-state index contributed by atoms with van der Waals surface area (Å²) < 4.78 is 4.98. The van der Waals surface area contributed by atoms with Crippen LogP contribution in [0.25, 0.3) is 0 Å². The molecule has 12 heteroatoms. The number of aromatic amines is 1. The summed E-state index contributed by atoms with van der Waals surface area (Å²) in [7, 11) is 0. The lowest BCUT2D eigenvalue weighted by molar-refractivity contribution is -0.143. The molecule has 2 aliphatic carbocycles. The Morgan fingerprint density at radius 1 is 1.10 bits per heavy atom. The first-order chi connectivity index (χ1) is 19.9. The molecule has 7 atom stereocenters. The average Bonchev–Trinajstić information content (AvgIpc) is 3.70. The maximum atomic E-state index is 13.7. The molecule has 1 saturated heterocycles. The molecule has 0 spiro atoms. The van der Waals surface area contributed by atoms with E-state index in [0.29, 0.717) is 11.3 Å². The van der Waals surface area contributed by atoms with E-state index >= 15 is 0 Å². The van der Waals surface area contributed by atoms with Crippen molar-refractivity contribution in [1.82, 2.24) is 14.9 Å². The molecule has 7 unspecified atom stereocenters. The van der Waals surface area contributed by atoms with Crippen LogP contribution in [-0.4, -0.2) is 57.0 Å². The molecule has 3 fully saturated rings. The van der Waals surface area contributed by atoms with E-state index in [1.165, 1.54) is 11.3 Å². The van der Waals surface area contributed by atoms with Gasteiger partial charge < -0.3 is 15.0 Å². The van der Waals surface area contributed by atoms with Crippen molar-refractivity contribution in [2.45, 2.75) is 29.5 Å². The van der Waals surface area contributed by atoms with Gasteiger partial charge in [-0.2, -0.15) is 0 Å². The minimum atomic E-state index is -0.484. The van der Waals surface area contributed by atoms with Crippen molar-refractivity contribution < 1.29 is 23.9 Å². The van der Waals surface area contributed by atoms with Gasteiger partial charge in [-0.05, 0) is 67.0 Å².